The van der Waals surface area contributed by atoms with E-state index in [0.717, 1.165) is 0 Å². The van der Waals surface area contributed by atoms with Gasteiger partial charge in [-0.3, -0.25) is 4.79 Å². The number of rotatable bonds is 3. The smallest absolute Gasteiger partial charge is 0.358 e. The minimum Gasteiger partial charge on any atom is -0.476 e. The molecule has 90 valence electrons. The molecule has 0 aliphatic carbocycles. The number of carboxylic acid groups (broad SMARTS) is 1. The molecule has 0 bridgehead atoms. The largest absolute Gasteiger partial charge is 0.476 e. The van der Waals surface area contributed by atoms with E-state index in [9.17, 15) is 9.59 Å². The molecule has 0 aliphatic rings. The molecule has 1 heterocycles. The second-order valence-electron chi connectivity index (χ2n) is 3.38. The maximum Gasteiger partial charge on any atom is 0.358 e. The van der Waals surface area contributed by atoms with Gasteiger partial charge in [0.15, 0.2) is 11.5 Å². The van der Waals surface area contributed by atoms with Crippen molar-refractivity contribution in [3.8, 4) is 0 Å². The Morgan fingerprint density at radius 3 is 2.39 bits per heavy atom. The second kappa shape index (κ2) is 5.05. The molecule has 0 atom stereocenters. The summed E-state index contributed by atoms with van der Waals surface area (Å²) in [5.74, 6) is -1.75. The molecule has 6 nitrogen and oxygen atoms in total. The molecule has 2 aromatic rings. The van der Waals surface area contributed by atoms with Gasteiger partial charge in [0, 0.05) is 18.0 Å². The summed E-state index contributed by atoms with van der Waals surface area (Å²) in [5, 5.41) is 11.3. The molecule has 0 aliphatic heterocycles. The number of carboxylic acids is 1. The minimum atomic E-state index is -1.24. The first-order chi connectivity index (χ1) is 8.68. The second-order valence-corrected chi connectivity index (χ2v) is 3.38. The average molecular weight is 243 g/mol. The average Bonchev–Trinajstić information content (AvgIpc) is 2.40. The fourth-order valence-corrected chi connectivity index (χ4v) is 1.36. The van der Waals surface area contributed by atoms with Crippen molar-refractivity contribution in [1.82, 2.24) is 9.97 Å². The van der Waals surface area contributed by atoms with Gasteiger partial charge in [-0.25, -0.2) is 14.8 Å². The number of hydrogen-bond donors (Lipinski definition) is 2. The van der Waals surface area contributed by atoms with Crippen LogP contribution in [0, 0.1) is 0 Å². The highest BCUT2D eigenvalue weighted by molar-refractivity contribution is 6.06. The van der Waals surface area contributed by atoms with Gasteiger partial charge in [0.2, 0.25) is 0 Å². The molecule has 2 rings (SSSR count). The molecule has 0 fully saturated rings. The van der Waals surface area contributed by atoms with Crippen molar-refractivity contribution in [3.63, 3.8) is 0 Å². The number of benzene rings is 1. The molecule has 0 radical (unpaired) electrons. The molecule has 1 aromatic heterocycles. The first kappa shape index (κ1) is 11.7. The fraction of sp³-hybridized carbons (Fsp3) is 0. The summed E-state index contributed by atoms with van der Waals surface area (Å²) in [5.41, 5.74) is 0.126. The number of amides is 1. The lowest BCUT2D eigenvalue weighted by molar-refractivity contribution is 0.0691. The van der Waals surface area contributed by atoms with Gasteiger partial charge in [-0.2, -0.15) is 0 Å². The van der Waals surface area contributed by atoms with Gasteiger partial charge in [-0.05, 0) is 12.1 Å². The lowest BCUT2D eigenvalue weighted by atomic mass is 10.2. The number of aromatic carboxylic acids is 1. The number of hydrogen-bond acceptors (Lipinski definition) is 4. The maximum absolute atomic E-state index is 11.8. The van der Waals surface area contributed by atoms with Gasteiger partial charge in [0.05, 0.1) is 0 Å². The van der Waals surface area contributed by atoms with Crippen molar-refractivity contribution in [1.29, 1.82) is 0 Å². The highest BCUT2D eigenvalue weighted by Gasteiger charge is 2.15. The van der Waals surface area contributed by atoms with Crippen LogP contribution in [-0.2, 0) is 0 Å². The molecule has 2 N–H and O–H groups in total. The van der Waals surface area contributed by atoms with Crippen molar-refractivity contribution in [2.24, 2.45) is 0 Å². The summed E-state index contributed by atoms with van der Waals surface area (Å²) >= 11 is 0. The van der Waals surface area contributed by atoms with E-state index in [1.165, 1.54) is 12.4 Å². The maximum atomic E-state index is 11.8. The third-order valence-corrected chi connectivity index (χ3v) is 2.17. The van der Waals surface area contributed by atoms with Crippen LogP contribution < -0.4 is 5.32 Å². The monoisotopic (exact) mass is 243 g/mol. The first-order valence-corrected chi connectivity index (χ1v) is 5.09. The lowest BCUT2D eigenvalue weighted by Gasteiger charge is -2.05. The van der Waals surface area contributed by atoms with Crippen molar-refractivity contribution < 1.29 is 14.7 Å². The molecule has 6 heteroatoms. The quantitative estimate of drug-likeness (QED) is 0.850. The topological polar surface area (TPSA) is 92.2 Å². The molecule has 18 heavy (non-hydrogen) atoms. The van der Waals surface area contributed by atoms with E-state index in [0.29, 0.717) is 5.56 Å². The molecule has 1 amide bonds. The molecular weight excluding hydrogens is 234 g/mol. The van der Waals surface area contributed by atoms with E-state index >= 15 is 0 Å². The summed E-state index contributed by atoms with van der Waals surface area (Å²) < 4.78 is 0. The third-order valence-electron chi connectivity index (χ3n) is 2.17. The highest BCUT2D eigenvalue weighted by Crippen LogP contribution is 2.10. The fourth-order valence-electron chi connectivity index (χ4n) is 1.36. The number of carbonyl (C=O) groups excluding carboxylic acids is 1. The molecule has 0 saturated heterocycles. The number of aromatic nitrogens is 2. The zero-order chi connectivity index (χ0) is 13.0. The Morgan fingerprint density at radius 1 is 1.06 bits per heavy atom. The first-order valence-electron chi connectivity index (χ1n) is 5.09. The van der Waals surface area contributed by atoms with Crippen LogP contribution in [0.25, 0.3) is 0 Å². The van der Waals surface area contributed by atoms with Gasteiger partial charge >= 0.3 is 5.97 Å². The third kappa shape index (κ3) is 2.49. The number of carbonyl (C=O) groups is 2. The van der Waals surface area contributed by atoms with Crippen LogP contribution in [0.1, 0.15) is 20.8 Å². The standard InChI is InChI=1S/C12H9N3O3/c16-11(8-4-2-1-3-5-8)15-10-9(12(17)18)13-6-7-14-10/h1-7H,(H,17,18)(H,14,15,16). The van der Waals surface area contributed by atoms with Gasteiger partial charge in [-0.1, -0.05) is 18.2 Å². The predicted molar refractivity (Wildman–Crippen MR) is 63.4 cm³/mol. The number of nitrogens with one attached hydrogen (secondary N) is 1. The Labute approximate surface area is 102 Å². The van der Waals surface area contributed by atoms with E-state index in [2.05, 4.69) is 15.3 Å². The summed E-state index contributed by atoms with van der Waals surface area (Å²) in [6, 6.07) is 8.44. The van der Waals surface area contributed by atoms with Gasteiger partial charge < -0.3 is 10.4 Å². The summed E-state index contributed by atoms with van der Waals surface area (Å²) in [6.07, 6.45) is 2.56. The van der Waals surface area contributed by atoms with Gasteiger partial charge in [-0.15, -0.1) is 0 Å². The van der Waals surface area contributed by atoms with Crippen molar-refractivity contribution in [2.75, 3.05) is 5.32 Å². The predicted octanol–water partition coefficient (Wildman–Crippen LogP) is 1.43. The van der Waals surface area contributed by atoms with Gasteiger partial charge in [0.25, 0.3) is 5.91 Å². The number of anilines is 1. The van der Waals surface area contributed by atoms with Gasteiger partial charge in [0.1, 0.15) is 0 Å². The van der Waals surface area contributed by atoms with E-state index in [-0.39, 0.29) is 11.5 Å². The lowest BCUT2D eigenvalue weighted by Crippen LogP contribution is -2.16. The summed E-state index contributed by atoms with van der Waals surface area (Å²) in [7, 11) is 0. The van der Waals surface area contributed by atoms with Crippen LogP contribution in [0.2, 0.25) is 0 Å². The van der Waals surface area contributed by atoms with Crippen LogP contribution >= 0.6 is 0 Å². The Bertz CT molecular complexity index is 584. The minimum absolute atomic E-state index is 0.0705. The van der Waals surface area contributed by atoms with E-state index < -0.39 is 11.9 Å². The van der Waals surface area contributed by atoms with Crippen LogP contribution in [0.4, 0.5) is 5.82 Å². The van der Waals surface area contributed by atoms with Crippen LogP contribution in [-0.4, -0.2) is 27.0 Å². The highest BCUT2D eigenvalue weighted by atomic mass is 16.4. The SMILES string of the molecule is O=C(Nc1nccnc1C(=O)O)c1ccccc1. The van der Waals surface area contributed by atoms with Crippen molar-refractivity contribution in [2.45, 2.75) is 0 Å². The Balaban J connectivity index is 2.25. The normalized spacial score (nSPS) is 9.78. The van der Waals surface area contributed by atoms with E-state index in [1.54, 1.807) is 30.3 Å². The molecule has 0 saturated carbocycles. The Morgan fingerprint density at radius 2 is 1.72 bits per heavy atom. The summed E-state index contributed by atoms with van der Waals surface area (Å²) in [6.45, 7) is 0. The summed E-state index contributed by atoms with van der Waals surface area (Å²) in [4.78, 5) is 30.1. The van der Waals surface area contributed by atoms with Crippen molar-refractivity contribution >= 4 is 17.7 Å². The number of nitrogens with zero attached hydrogens (tertiary/aromatic N) is 2. The Kier molecular flexibility index (Phi) is 3.29. The van der Waals surface area contributed by atoms with E-state index in [4.69, 9.17) is 5.11 Å². The zero-order valence-electron chi connectivity index (χ0n) is 9.20. The molecule has 0 unspecified atom stereocenters. The Hall–Kier alpha value is -2.76. The van der Waals surface area contributed by atoms with Crippen LogP contribution in [0.15, 0.2) is 42.7 Å². The van der Waals surface area contributed by atoms with Crippen LogP contribution in [0.5, 0.6) is 0 Å². The molecule has 0 spiro atoms. The molecule has 1 aromatic carbocycles. The van der Waals surface area contributed by atoms with Crippen molar-refractivity contribution in [3.05, 3.63) is 54.0 Å². The van der Waals surface area contributed by atoms with Crippen LogP contribution in [0.3, 0.4) is 0 Å². The zero-order valence-corrected chi connectivity index (χ0v) is 9.20. The van der Waals surface area contributed by atoms with E-state index in [1.807, 2.05) is 0 Å². The molecular formula is C12H9N3O3.